The third-order valence-corrected chi connectivity index (χ3v) is 5.65. The second-order valence-electron chi connectivity index (χ2n) is 5.67. The number of nitrogens with one attached hydrogen (secondary N) is 1. The molecule has 1 nitrogen and oxygen atoms in total. The topological polar surface area (TPSA) is 12.0 Å². The number of hydrogen-bond donors (Lipinski definition) is 1. The molecule has 1 aliphatic carbocycles. The first kappa shape index (κ1) is 14.3. The Morgan fingerprint density at radius 2 is 2.15 bits per heavy atom. The van der Waals surface area contributed by atoms with Gasteiger partial charge in [0.2, 0.25) is 0 Å². The smallest absolute Gasteiger partial charge is 0.0285 e. The predicted molar refractivity (Wildman–Crippen MR) is 90.7 cm³/mol. The first-order chi connectivity index (χ1) is 9.72. The minimum atomic E-state index is 0.572. The summed E-state index contributed by atoms with van der Waals surface area (Å²) in [6.07, 6.45) is 3.83. The minimum Gasteiger partial charge on any atom is -0.313 e. The van der Waals surface area contributed by atoms with E-state index in [0.717, 1.165) is 19.0 Å². The van der Waals surface area contributed by atoms with Gasteiger partial charge in [0.15, 0.2) is 0 Å². The molecule has 1 aliphatic rings. The summed E-state index contributed by atoms with van der Waals surface area (Å²) in [5.41, 5.74) is 2.90. The maximum atomic E-state index is 3.70. The van der Waals surface area contributed by atoms with E-state index in [4.69, 9.17) is 0 Å². The molecule has 0 bridgehead atoms. The summed E-state index contributed by atoms with van der Waals surface area (Å²) in [5, 5.41) is 5.88. The van der Waals surface area contributed by atoms with Crippen molar-refractivity contribution in [3.63, 3.8) is 0 Å². The molecule has 0 spiro atoms. The van der Waals surface area contributed by atoms with Crippen LogP contribution in [-0.2, 0) is 6.42 Å². The van der Waals surface area contributed by atoms with Gasteiger partial charge >= 0.3 is 0 Å². The first-order valence-electron chi connectivity index (χ1n) is 7.24. The Bertz CT molecular complexity index is 574. The Hall–Kier alpha value is -0.640. The SMILES string of the molecule is Cc1ccccc1C(CNC1CC1)Cc1cc(Br)cs1. The molecule has 0 saturated heterocycles. The Kier molecular flexibility index (Phi) is 4.59. The molecular weight excluding hydrogens is 330 g/mol. The fourth-order valence-corrected chi connectivity index (χ4v) is 4.17. The zero-order chi connectivity index (χ0) is 13.9. The number of rotatable bonds is 6. The lowest BCUT2D eigenvalue weighted by Gasteiger charge is -2.19. The number of hydrogen-bond acceptors (Lipinski definition) is 2. The second kappa shape index (κ2) is 6.42. The van der Waals surface area contributed by atoms with Crippen molar-refractivity contribution < 1.29 is 0 Å². The summed E-state index contributed by atoms with van der Waals surface area (Å²) in [5.74, 6) is 0.572. The highest BCUT2D eigenvalue weighted by molar-refractivity contribution is 9.10. The summed E-state index contributed by atoms with van der Waals surface area (Å²) in [6.45, 7) is 3.31. The van der Waals surface area contributed by atoms with E-state index in [9.17, 15) is 0 Å². The van der Waals surface area contributed by atoms with Gasteiger partial charge in [0.05, 0.1) is 0 Å². The molecule has 0 aliphatic heterocycles. The molecule has 1 heterocycles. The minimum absolute atomic E-state index is 0.572. The van der Waals surface area contributed by atoms with Crippen molar-refractivity contribution in [2.75, 3.05) is 6.54 Å². The highest BCUT2D eigenvalue weighted by atomic mass is 79.9. The van der Waals surface area contributed by atoms with E-state index < -0.39 is 0 Å². The molecule has 1 aromatic heterocycles. The molecule has 1 aromatic carbocycles. The number of thiophene rings is 1. The Morgan fingerprint density at radius 1 is 1.35 bits per heavy atom. The molecular formula is C17H20BrNS. The van der Waals surface area contributed by atoms with Crippen molar-refractivity contribution in [3.05, 3.63) is 56.2 Å². The lowest BCUT2D eigenvalue weighted by Crippen LogP contribution is -2.25. The van der Waals surface area contributed by atoms with E-state index in [-0.39, 0.29) is 0 Å². The van der Waals surface area contributed by atoms with Gasteiger partial charge in [-0.05, 0) is 59.3 Å². The van der Waals surface area contributed by atoms with Crippen LogP contribution in [0.15, 0.2) is 40.2 Å². The molecule has 20 heavy (non-hydrogen) atoms. The predicted octanol–water partition coefficient (Wildman–Crippen LogP) is 4.90. The average Bonchev–Trinajstić information content (AvgIpc) is 3.18. The molecule has 106 valence electrons. The summed E-state index contributed by atoms with van der Waals surface area (Å²) in [7, 11) is 0. The molecule has 1 atom stereocenters. The maximum absolute atomic E-state index is 3.70. The van der Waals surface area contributed by atoms with Gasteiger partial charge in [-0.15, -0.1) is 11.3 Å². The van der Waals surface area contributed by atoms with Crippen molar-refractivity contribution in [2.24, 2.45) is 0 Å². The highest BCUT2D eigenvalue weighted by Gasteiger charge is 2.23. The summed E-state index contributed by atoms with van der Waals surface area (Å²) in [4.78, 5) is 1.46. The van der Waals surface area contributed by atoms with Crippen LogP contribution in [0.5, 0.6) is 0 Å². The Labute approximate surface area is 133 Å². The largest absolute Gasteiger partial charge is 0.313 e. The van der Waals surface area contributed by atoms with Gasteiger partial charge in [0.25, 0.3) is 0 Å². The van der Waals surface area contributed by atoms with Gasteiger partial charge in [-0.25, -0.2) is 0 Å². The normalized spacial score (nSPS) is 16.3. The fourth-order valence-electron chi connectivity index (χ4n) is 2.64. The first-order valence-corrected chi connectivity index (χ1v) is 8.91. The van der Waals surface area contributed by atoms with Crippen molar-refractivity contribution >= 4 is 27.3 Å². The average molecular weight is 350 g/mol. The molecule has 0 amide bonds. The fraction of sp³-hybridized carbons (Fsp3) is 0.412. The van der Waals surface area contributed by atoms with Crippen LogP contribution in [0.2, 0.25) is 0 Å². The van der Waals surface area contributed by atoms with E-state index in [1.54, 1.807) is 0 Å². The van der Waals surface area contributed by atoms with Crippen LogP contribution in [0.25, 0.3) is 0 Å². The van der Waals surface area contributed by atoms with Crippen LogP contribution < -0.4 is 5.32 Å². The number of aryl methyl sites for hydroxylation is 1. The molecule has 3 heteroatoms. The molecule has 1 unspecified atom stereocenters. The summed E-state index contributed by atoms with van der Waals surface area (Å²) >= 11 is 5.41. The molecule has 3 rings (SSSR count). The molecule has 1 N–H and O–H groups in total. The van der Waals surface area contributed by atoms with Crippen LogP contribution >= 0.6 is 27.3 Å². The van der Waals surface area contributed by atoms with E-state index in [1.165, 1.54) is 33.3 Å². The zero-order valence-electron chi connectivity index (χ0n) is 11.7. The highest BCUT2D eigenvalue weighted by Crippen LogP contribution is 2.29. The number of halogens is 1. The van der Waals surface area contributed by atoms with E-state index in [2.05, 4.69) is 63.9 Å². The monoisotopic (exact) mass is 349 g/mol. The van der Waals surface area contributed by atoms with E-state index in [0.29, 0.717) is 5.92 Å². The van der Waals surface area contributed by atoms with Crippen LogP contribution in [-0.4, -0.2) is 12.6 Å². The van der Waals surface area contributed by atoms with Crippen molar-refractivity contribution in [1.29, 1.82) is 0 Å². The zero-order valence-corrected chi connectivity index (χ0v) is 14.1. The Morgan fingerprint density at radius 3 is 2.80 bits per heavy atom. The lowest BCUT2D eigenvalue weighted by molar-refractivity contribution is 0.578. The molecule has 1 saturated carbocycles. The van der Waals surface area contributed by atoms with Gasteiger partial charge < -0.3 is 5.32 Å². The molecule has 0 radical (unpaired) electrons. The van der Waals surface area contributed by atoms with E-state index >= 15 is 0 Å². The van der Waals surface area contributed by atoms with Gasteiger partial charge in [0.1, 0.15) is 0 Å². The third-order valence-electron chi connectivity index (χ3n) is 3.93. The van der Waals surface area contributed by atoms with Crippen molar-refractivity contribution in [3.8, 4) is 0 Å². The second-order valence-corrected chi connectivity index (χ2v) is 7.58. The van der Waals surface area contributed by atoms with Gasteiger partial charge in [-0.1, -0.05) is 24.3 Å². The summed E-state index contributed by atoms with van der Waals surface area (Å²) < 4.78 is 1.20. The van der Waals surface area contributed by atoms with Gasteiger partial charge in [-0.2, -0.15) is 0 Å². The third kappa shape index (κ3) is 3.72. The van der Waals surface area contributed by atoms with Crippen LogP contribution in [0, 0.1) is 6.92 Å². The quantitative estimate of drug-likeness (QED) is 0.782. The van der Waals surface area contributed by atoms with E-state index in [1.807, 2.05) is 11.3 Å². The van der Waals surface area contributed by atoms with Gasteiger partial charge in [-0.3, -0.25) is 0 Å². The molecule has 1 fully saturated rings. The van der Waals surface area contributed by atoms with Crippen LogP contribution in [0.1, 0.15) is 34.8 Å². The van der Waals surface area contributed by atoms with Crippen molar-refractivity contribution in [2.45, 2.75) is 38.1 Å². The summed E-state index contributed by atoms with van der Waals surface area (Å²) in [6, 6.07) is 11.8. The van der Waals surface area contributed by atoms with Crippen LogP contribution in [0.3, 0.4) is 0 Å². The standard InChI is InChI=1S/C17H20BrNS/c1-12-4-2-3-5-17(12)13(10-19-15-6-7-15)8-16-9-14(18)11-20-16/h2-5,9,11,13,15,19H,6-8,10H2,1H3. The number of benzene rings is 1. The Balaban J connectivity index is 1.77. The van der Waals surface area contributed by atoms with Gasteiger partial charge in [0, 0.05) is 33.2 Å². The molecule has 2 aromatic rings. The van der Waals surface area contributed by atoms with Crippen molar-refractivity contribution in [1.82, 2.24) is 5.32 Å². The maximum Gasteiger partial charge on any atom is 0.0285 e. The lowest BCUT2D eigenvalue weighted by atomic mass is 9.91. The van der Waals surface area contributed by atoms with Crippen LogP contribution in [0.4, 0.5) is 0 Å².